The lowest BCUT2D eigenvalue weighted by molar-refractivity contribution is 0.954. The van der Waals surface area contributed by atoms with Gasteiger partial charge < -0.3 is 5.73 Å². The van der Waals surface area contributed by atoms with E-state index in [0.717, 1.165) is 27.7 Å². The molecule has 2 N–H and O–H groups in total. The summed E-state index contributed by atoms with van der Waals surface area (Å²) in [5.74, 6) is 0. The molecule has 0 saturated heterocycles. The fraction of sp³-hybridized carbons (Fsp3) is 0.250. The molecule has 0 spiro atoms. The summed E-state index contributed by atoms with van der Waals surface area (Å²) in [6, 6.07) is 5.87. The highest BCUT2D eigenvalue weighted by Crippen LogP contribution is 2.27. The monoisotopic (exact) mass is 252 g/mol. The summed E-state index contributed by atoms with van der Waals surface area (Å²) in [7, 11) is 0. The smallest absolute Gasteiger partial charge is 0.0945 e. The number of halogens is 1. The molecule has 2 aromatic rings. The van der Waals surface area contributed by atoms with Crippen molar-refractivity contribution in [2.75, 3.05) is 6.54 Å². The maximum absolute atomic E-state index is 5.99. The number of nitrogens with two attached hydrogens (primary N) is 1. The molecule has 0 fully saturated rings. The molecule has 0 unspecified atom stereocenters. The van der Waals surface area contributed by atoms with Crippen LogP contribution in [0.2, 0.25) is 5.02 Å². The van der Waals surface area contributed by atoms with Gasteiger partial charge >= 0.3 is 0 Å². The van der Waals surface area contributed by atoms with Gasteiger partial charge in [-0.1, -0.05) is 17.7 Å². The molecular weight excluding hydrogens is 240 g/mol. The Bertz CT molecular complexity index is 494. The fourth-order valence-electron chi connectivity index (χ4n) is 1.54. The van der Waals surface area contributed by atoms with Gasteiger partial charge in [-0.3, -0.25) is 0 Å². The van der Waals surface area contributed by atoms with Gasteiger partial charge in [0.15, 0.2) is 0 Å². The third-order valence-corrected chi connectivity index (χ3v) is 3.53. The first-order valence-electron chi connectivity index (χ1n) is 5.11. The molecule has 4 heteroatoms. The van der Waals surface area contributed by atoms with Crippen molar-refractivity contribution in [3.63, 3.8) is 0 Å². The van der Waals surface area contributed by atoms with Crippen LogP contribution in [-0.4, -0.2) is 11.5 Å². The zero-order chi connectivity index (χ0) is 11.5. The number of thiazole rings is 1. The first-order valence-corrected chi connectivity index (χ1v) is 6.37. The lowest BCUT2D eigenvalue weighted by Crippen LogP contribution is -2.02. The number of hydrogen-bond donors (Lipinski definition) is 1. The largest absolute Gasteiger partial charge is 0.330 e. The minimum absolute atomic E-state index is 0.640. The van der Waals surface area contributed by atoms with Gasteiger partial charge in [-0.2, -0.15) is 0 Å². The van der Waals surface area contributed by atoms with Gasteiger partial charge in [-0.25, -0.2) is 4.98 Å². The van der Waals surface area contributed by atoms with Crippen molar-refractivity contribution in [3.05, 3.63) is 39.2 Å². The molecule has 1 aromatic heterocycles. The third-order valence-electron chi connectivity index (χ3n) is 2.39. The van der Waals surface area contributed by atoms with Gasteiger partial charge in [0.25, 0.3) is 0 Å². The maximum Gasteiger partial charge on any atom is 0.0945 e. The lowest BCUT2D eigenvalue weighted by Gasteiger charge is -2.02. The molecule has 0 aliphatic rings. The molecular formula is C12H13ClN2S. The van der Waals surface area contributed by atoms with Crippen molar-refractivity contribution >= 4 is 22.9 Å². The van der Waals surface area contributed by atoms with E-state index in [9.17, 15) is 0 Å². The van der Waals surface area contributed by atoms with Crippen molar-refractivity contribution in [2.45, 2.75) is 13.3 Å². The number of benzene rings is 1. The normalized spacial score (nSPS) is 10.7. The van der Waals surface area contributed by atoms with Gasteiger partial charge in [0.2, 0.25) is 0 Å². The summed E-state index contributed by atoms with van der Waals surface area (Å²) in [6.07, 6.45) is 0.838. The summed E-state index contributed by atoms with van der Waals surface area (Å²) >= 11 is 7.64. The van der Waals surface area contributed by atoms with Crippen LogP contribution in [0.1, 0.15) is 10.6 Å². The highest BCUT2D eigenvalue weighted by molar-refractivity contribution is 7.09. The molecule has 0 amide bonds. The van der Waals surface area contributed by atoms with Gasteiger partial charge in [-0.15, -0.1) is 11.3 Å². The summed E-state index contributed by atoms with van der Waals surface area (Å²) in [5, 5.41) is 3.88. The molecule has 1 heterocycles. The Kier molecular flexibility index (Phi) is 3.59. The third kappa shape index (κ3) is 2.43. The van der Waals surface area contributed by atoms with Crippen LogP contribution >= 0.6 is 22.9 Å². The second-order valence-electron chi connectivity index (χ2n) is 3.62. The first-order chi connectivity index (χ1) is 7.70. The number of rotatable bonds is 3. The van der Waals surface area contributed by atoms with Crippen molar-refractivity contribution < 1.29 is 0 Å². The SMILES string of the molecule is Cc1ccc(Cl)cc1-c1csc(CCN)n1. The van der Waals surface area contributed by atoms with Crippen LogP contribution in [0.25, 0.3) is 11.3 Å². The van der Waals surface area contributed by atoms with Crippen molar-refractivity contribution in [2.24, 2.45) is 5.73 Å². The minimum Gasteiger partial charge on any atom is -0.330 e. The number of aryl methyl sites for hydroxylation is 1. The predicted molar refractivity (Wildman–Crippen MR) is 70.1 cm³/mol. The molecule has 0 saturated carbocycles. The maximum atomic E-state index is 5.99. The highest BCUT2D eigenvalue weighted by Gasteiger charge is 2.07. The average Bonchev–Trinajstić information content (AvgIpc) is 2.71. The van der Waals surface area contributed by atoms with E-state index in [1.54, 1.807) is 11.3 Å². The van der Waals surface area contributed by atoms with Crippen LogP contribution in [0.3, 0.4) is 0 Å². The van der Waals surface area contributed by atoms with Crippen molar-refractivity contribution in [3.8, 4) is 11.3 Å². The molecule has 0 radical (unpaired) electrons. The Hall–Kier alpha value is -0.900. The molecule has 2 rings (SSSR count). The Balaban J connectivity index is 2.38. The predicted octanol–water partition coefficient (Wildman–Crippen LogP) is 3.27. The molecule has 0 aliphatic carbocycles. The number of aromatic nitrogens is 1. The van der Waals surface area contributed by atoms with Crippen molar-refractivity contribution in [1.29, 1.82) is 0 Å². The average molecular weight is 253 g/mol. The number of hydrogen-bond acceptors (Lipinski definition) is 3. The van der Waals surface area contributed by atoms with E-state index in [1.165, 1.54) is 5.56 Å². The van der Waals surface area contributed by atoms with Gasteiger partial charge in [-0.05, 0) is 31.2 Å². The molecule has 0 bridgehead atoms. The Morgan fingerprint density at radius 3 is 3.00 bits per heavy atom. The second kappa shape index (κ2) is 4.95. The van der Waals surface area contributed by atoms with Crippen LogP contribution < -0.4 is 5.73 Å². The van der Waals surface area contributed by atoms with E-state index < -0.39 is 0 Å². The van der Waals surface area contributed by atoms with E-state index in [4.69, 9.17) is 17.3 Å². The minimum atomic E-state index is 0.640. The summed E-state index contributed by atoms with van der Waals surface area (Å²) in [5.41, 5.74) is 8.79. The molecule has 16 heavy (non-hydrogen) atoms. The topological polar surface area (TPSA) is 38.9 Å². The van der Waals surface area contributed by atoms with Crippen LogP contribution in [0, 0.1) is 6.92 Å². The standard InChI is InChI=1S/C12H13ClN2S/c1-8-2-3-9(13)6-10(8)11-7-16-12(15-11)4-5-14/h2-3,6-7H,4-5,14H2,1H3. The van der Waals surface area contributed by atoms with Gasteiger partial charge in [0, 0.05) is 22.4 Å². The zero-order valence-electron chi connectivity index (χ0n) is 9.03. The summed E-state index contributed by atoms with van der Waals surface area (Å²) in [4.78, 5) is 4.55. The quantitative estimate of drug-likeness (QED) is 0.911. The van der Waals surface area contributed by atoms with E-state index in [2.05, 4.69) is 17.3 Å². The summed E-state index contributed by atoms with van der Waals surface area (Å²) in [6.45, 7) is 2.70. The number of nitrogens with zero attached hydrogens (tertiary/aromatic N) is 1. The Labute approximate surface area is 104 Å². The lowest BCUT2D eigenvalue weighted by atomic mass is 10.1. The summed E-state index contributed by atoms with van der Waals surface area (Å²) < 4.78 is 0. The molecule has 0 aliphatic heterocycles. The van der Waals surface area contributed by atoms with E-state index in [-0.39, 0.29) is 0 Å². The van der Waals surface area contributed by atoms with Crippen molar-refractivity contribution in [1.82, 2.24) is 4.98 Å². The Morgan fingerprint density at radius 2 is 2.25 bits per heavy atom. The van der Waals surface area contributed by atoms with E-state index in [0.29, 0.717) is 6.54 Å². The van der Waals surface area contributed by atoms with Crippen LogP contribution in [0.15, 0.2) is 23.6 Å². The van der Waals surface area contributed by atoms with Crippen LogP contribution in [-0.2, 0) is 6.42 Å². The van der Waals surface area contributed by atoms with E-state index in [1.807, 2.05) is 18.2 Å². The molecule has 0 atom stereocenters. The highest BCUT2D eigenvalue weighted by atomic mass is 35.5. The molecule has 2 nitrogen and oxygen atoms in total. The molecule has 1 aromatic carbocycles. The first kappa shape index (κ1) is 11.6. The Morgan fingerprint density at radius 1 is 1.44 bits per heavy atom. The fourth-order valence-corrected chi connectivity index (χ4v) is 2.53. The van der Waals surface area contributed by atoms with Crippen LogP contribution in [0.4, 0.5) is 0 Å². The van der Waals surface area contributed by atoms with E-state index >= 15 is 0 Å². The van der Waals surface area contributed by atoms with Gasteiger partial charge in [0.1, 0.15) is 0 Å². The molecule has 84 valence electrons. The second-order valence-corrected chi connectivity index (χ2v) is 5.00. The van der Waals surface area contributed by atoms with Crippen LogP contribution in [0.5, 0.6) is 0 Å². The van der Waals surface area contributed by atoms with Gasteiger partial charge in [0.05, 0.1) is 10.7 Å². The zero-order valence-corrected chi connectivity index (χ0v) is 10.6.